The molecule has 7 nitrogen and oxygen atoms in total. The van der Waals surface area contributed by atoms with Crippen LogP contribution in [0.15, 0.2) is 45.3 Å². The smallest absolute Gasteiger partial charge is 0.408 e. The second kappa shape index (κ2) is 13.8. The monoisotopic (exact) mass is 541 g/mol. The average molecular weight is 542 g/mol. The maximum absolute atomic E-state index is 12.9. The third-order valence-corrected chi connectivity index (χ3v) is 6.63. The number of ketones is 1. The molecule has 37 heavy (non-hydrogen) atoms. The molecule has 0 saturated heterocycles. The molecule has 1 amide bonds. The highest BCUT2D eigenvalue weighted by Gasteiger charge is 2.26. The Morgan fingerprint density at radius 1 is 1.22 bits per heavy atom. The molecule has 0 bridgehead atoms. The first-order chi connectivity index (χ1) is 17.4. The molecule has 0 aliphatic rings. The standard InChI is InChI=1S/C26H30F3NO6S/c1-16(8-5-7-13-30-25(34)35)21-15-20(31)22(24(33)36-21)23(32)17(2)14-19-11-10-18(37-19)9-4-3-6-12-26(27,28)29/h7,10-11,13-16,30-31H,3-6,8-9,12H2,1-2H3,(H,34,35). The lowest BCUT2D eigenvalue weighted by molar-refractivity contribution is -0.135. The molecule has 2 rings (SSSR count). The van der Waals surface area contributed by atoms with Gasteiger partial charge >= 0.3 is 17.9 Å². The minimum Gasteiger partial charge on any atom is -0.507 e. The Morgan fingerprint density at radius 3 is 2.59 bits per heavy atom. The molecule has 2 aromatic heterocycles. The molecule has 0 radical (unpaired) electrons. The van der Waals surface area contributed by atoms with Crippen LogP contribution >= 0.6 is 11.3 Å². The van der Waals surface area contributed by atoms with Gasteiger partial charge in [-0.05, 0) is 62.8 Å². The maximum Gasteiger partial charge on any atom is 0.408 e. The minimum absolute atomic E-state index is 0.0974. The number of nitrogens with one attached hydrogen (secondary N) is 1. The number of thiophene rings is 1. The van der Waals surface area contributed by atoms with Gasteiger partial charge < -0.3 is 14.6 Å². The van der Waals surface area contributed by atoms with Gasteiger partial charge in [-0.3, -0.25) is 10.1 Å². The predicted molar refractivity (Wildman–Crippen MR) is 135 cm³/mol. The first-order valence-corrected chi connectivity index (χ1v) is 12.6. The number of carbonyl (C=O) groups excluding carboxylic acids is 1. The molecule has 2 aromatic rings. The van der Waals surface area contributed by atoms with Crippen molar-refractivity contribution in [2.24, 2.45) is 0 Å². The number of carbonyl (C=O) groups is 2. The lowest BCUT2D eigenvalue weighted by Gasteiger charge is -2.11. The van der Waals surface area contributed by atoms with Crippen LogP contribution < -0.4 is 10.9 Å². The highest BCUT2D eigenvalue weighted by Crippen LogP contribution is 2.28. The van der Waals surface area contributed by atoms with Crippen molar-refractivity contribution in [2.45, 2.75) is 70.9 Å². The summed E-state index contributed by atoms with van der Waals surface area (Å²) in [5.41, 5.74) is -1.19. The molecule has 0 aromatic carbocycles. The number of aryl methyl sites for hydroxylation is 1. The molecule has 3 N–H and O–H groups in total. The molecule has 2 heterocycles. The molecule has 0 fully saturated rings. The first kappa shape index (κ1) is 29.9. The van der Waals surface area contributed by atoms with Crippen molar-refractivity contribution >= 4 is 29.3 Å². The molecular formula is C26H30F3NO6S. The number of halogens is 3. The van der Waals surface area contributed by atoms with E-state index < -0.39 is 41.4 Å². The van der Waals surface area contributed by atoms with Crippen molar-refractivity contribution in [3.8, 4) is 5.75 Å². The van der Waals surface area contributed by atoms with Gasteiger partial charge in [0.1, 0.15) is 17.1 Å². The third kappa shape index (κ3) is 10.3. The van der Waals surface area contributed by atoms with Crippen molar-refractivity contribution in [3.05, 3.63) is 67.5 Å². The van der Waals surface area contributed by atoms with Crippen LogP contribution in [0.25, 0.3) is 6.08 Å². The van der Waals surface area contributed by atoms with Crippen molar-refractivity contribution in [3.63, 3.8) is 0 Å². The second-order valence-corrected chi connectivity index (χ2v) is 9.86. The number of unbranched alkanes of at least 4 members (excludes halogenated alkanes) is 2. The fourth-order valence-electron chi connectivity index (χ4n) is 3.54. The van der Waals surface area contributed by atoms with Gasteiger partial charge in [0.2, 0.25) is 0 Å². The molecule has 1 unspecified atom stereocenters. The molecular weight excluding hydrogens is 511 g/mol. The molecule has 11 heteroatoms. The Morgan fingerprint density at radius 2 is 1.95 bits per heavy atom. The Kier molecular flexibility index (Phi) is 11.2. The Balaban J connectivity index is 2.00. The number of rotatable bonds is 13. The van der Waals surface area contributed by atoms with Gasteiger partial charge in [0, 0.05) is 34.4 Å². The van der Waals surface area contributed by atoms with Gasteiger partial charge in [0.05, 0.1) is 0 Å². The van der Waals surface area contributed by atoms with Crippen molar-refractivity contribution < 1.29 is 37.4 Å². The number of hydrogen-bond donors (Lipinski definition) is 3. The summed E-state index contributed by atoms with van der Waals surface area (Å²) in [6.07, 6.45) is 1.24. The molecule has 0 saturated carbocycles. The van der Waals surface area contributed by atoms with Crippen LogP contribution in [0.2, 0.25) is 0 Å². The summed E-state index contributed by atoms with van der Waals surface area (Å²) in [4.78, 5) is 37.5. The van der Waals surface area contributed by atoms with Crippen LogP contribution in [0.5, 0.6) is 5.75 Å². The number of amides is 1. The van der Waals surface area contributed by atoms with Crippen molar-refractivity contribution in [2.75, 3.05) is 0 Å². The summed E-state index contributed by atoms with van der Waals surface area (Å²) in [5.74, 6) is -1.22. The Labute approximate surface area is 216 Å². The minimum atomic E-state index is -4.13. The van der Waals surface area contributed by atoms with Gasteiger partial charge in [-0.15, -0.1) is 11.3 Å². The largest absolute Gasteiger partial charge is 0.507 e. The molecule has 202 valence electrons. The van der Waals surface area contributed by atoms with Gasteiger partial charge in [0.15, 0.2) is 5.78 Å². The zero-order chi connectivity index (χ0) is 27.6. The van der Waals surface area contributed by atoms with Crippen molar-refractivity contribution in [1.29, 1.82) is 0 Å². The number of aromatic hydroxyl groups is 1. The quantitative estimate of drug-likeness (QED) is 0.142. The molecule has 0 aliphatic heterocycles. The van der Waals surface area contributed by atoms with E-state index in [2.05, 4.69) is 5.32 Å². The fourth-order valence-corrected chi connectivity index (χ4v) is 4.59. The lowest BCUT2D eigenvalue weighted by Crippen LogP contribution is -2.16. The van der Waals surface area contributed by atoms with Crippen LogP contribution in [0.1, 0.15) is 84.2 Å². The van der Waals surface area contributed by atoms with Gasteiger partial charge in [-0.25, -0.2) is 9.59 Å². The first-order valence-electron chi connectivity index (χ1n) is 11.8. The average Bonchev–Trinajstić information content (AvgIpc) is 3.23. The van der Waals surface area contributed by atoms with E-state index in [4.69, 9.17) is 9.52 Å². The van der Waals surface area contributed by atoms with Gasteiger partial charge in [0.25, 0.3) is 0 Å². The lowest BCUT2D eigenvalue weighted by atomic mass is 10.00. The summed E-state index contributed by atoms with van der Waals surface area (Å²) in [7, 11) is 0. The summed E-state index contributed by atoms with van der Waals surface area (Å²) < 4.78 is 42.0. The predicted octanol–water partition coefficient (Wildman–Crippen LogP) is 7.02. The second-order valence-electron chi connectivity index (χ2n) is 8.66. The van der Waals surface area contributed by atoms with E-state index in [9.17, 15) is 32.7 Å². The van der Waals surface area contributed by atoms with Crippen LogP contribution in [-0.2, 0) is 6.42 Å². The van der Waals surface area contributed by atoms with E-state index in [0.717, 1.165) is 9.75 Å². The van der Waals surface area contributed by atoms with Crippen LogP contribution in [0.4, 0.5) is 18.0 Å². The molecule has 1 atom stereocenters. The zero-order valence-corrected chi connectivity index (χ0v) is 21.4. The topological polar surface area (TPSA) is 117 Å². The van der Waals surface area contributed by atoms with Crippen LogP contribution in [0, 0.1) is 0 Å². The van der Waals surface area contributed by atoms with Crippen LogP contribution in [0.3, 0.4) is 0 Å². The summed E-state index contributed by atoms with van der Waals surface area (Å²) in [5, 5.41) is 21.0. The molecule has 0 aliphatic carbocycles. The normalized spacial score (nSPS) is 13.2. The summed E-state index contributed by atoms with van der Waals surface area (Å²) >= 11 is 1.41. The number of carboxylic acid groups (broad SMARTS) is 1. The summed E-state index contributed by atoms with van der Waals surface area (Å²) in [6, 6.07) is 4.89. The molecule has 0 spiro atoms. The van der Waals surface area contributed by atoms with E-state index >= 15 is 0 Å². The maximum atomic E-state index is 12.9. The van der Waals surface area contributed by atoms with E-state index in [1.54, 1.807) is 25.1 Å². The van der Waals surface area contributed by atoms with Crippen LogP contribution in [-0.4, -0.2) is 28.3 Å². The highest BCUT2D eigenvalue weighted by molar-refractivity contribution is 7.12. The fraction of sp³-hybridized carbons (Fsp3) is 0.423. The zero-order valence-electron chi connectivity index (χ0n) is 20.6. The van der Waals surface area contributed by atoms with E-state index in [1.165, 1.54) is 30.5 Å². The summed E-state index contributed by atoms with van der Waals surface area (Å²) in [6.45, 7) is 3.29. The Bertz CT molecular complexity index is 1200. The van der Waals surface area contributed by atoms with Crippen molar-refractivity contribution in [1.82, 2.24) is 5.32 Å². The number of alkyl halides is 3. The SMILES string of the molecule is CC(=Cc1ccc(CCCCCC(F)(F)F)s1)C(=O)c1c(O)cc(C(C)CCC=CNC(=O)O)oc1=O. The van der Waals surface area contributed by atoms with E-state index in [0.29, 0.717) is 32.1 Å². The van der Waals surface area contributed by atoms with E-state index in [1.807, 2.05) is 6.07 Å². The number of hydrogen-bond acceptors (Lipinski definition) is 6. The van der Waals surface area contributed by atoms with Gasteiger partial charge in [-0.1, -0.05) is 19.4 Å². The number of Topliss-reactive ketones (excluding diaryl/α,β-unsaturated/α-hetero) is 1. The van der Waals surface area contributed by atoms with E-state index in [-0.39, 0.29) is 23.7 Å². The highest BCUT2D eigenvalue weighted by atomic mass is 32.1. The van der Waals surface area contributed by atoms with Gasteiger partial charge in [-0.2, -0.15) is 13.2 Å². The Hall–Kier alpha value is -3.34. The third-order valence-electron chi connectivity index (χ3n) is 5.54. The number of allylic oxidation sites excluding steroid dienone is 2.